The van der Waals surface area contributed by atoms with Crippen molar-refractivity contribution in [2.24, 2.45) is 0 Å². The number of hydrogen-bond acceptors (Lipinski definition) is 4. The molecule has 6 nitrogen and oxygen atoms in total. The monoisotopic (exact) mass is 357 g/mol. The van der Waals surface area contributed by atoms with E-state index in [1.165, 1.54) is 22.6 Å². The SMILES string of the molecule is O=c1[nH]nc2c(NCCc3ccc(Cl)cc3)nc3ccc(F)cc3n12. The third kappa shape index (κ3) is 2.94. The van der Waals surface area contributed by atoms with Gasteiger partial charge in [-0.15, -0.1) is 5.10 Å². The maximum absolute atomic E-state index is 13.5. The Bertz CT molecular complexity index is 1120. The normalized spacial score (nSPS) is 11.3. The molecule has 0 aliphatic rings. The summed E-state index contributed by atoms with van der Waals surface area (Å²) in [6.07, 6.45) is 0.751. The van der Waals surface area contributed by atoms with Gasteiger partial charge in [0.05, 0.1) is 11.0 Å². The predicted molar refractivity (Wildman–Crippen MR) is 94.7 cm³/mol. The van der Waals surface area contributed by atoms with Crippen molar-refractivity contribution < 1.29 is 4.39 Å². The summed E-state index contributed by atoms with van der Waals surface area (Å²) in [6.45, 7) is 0.595. The highest BCUT2D eigenvalue weighted by molar-refractivity contribution is 6.30. The molecule has 2 N–H and O–H groups in total. The van der Waals surface area contributed by atoms with Gasteiger partial charge in [-0.1, -0.05) is 23.7 Å². The van der Waals surface area contributed by atoms with Crippen LogP contribution in [0.1, 0.15) is 5.56 Å². The third-order valence-electron chi connectivity index (χ3n) is 3.91. The minimum Gasteiger partial charge on any atom is -0.367 e. The van der Waals surface area contributed by atoms with Crippen molar-refractivity contribution in [2.45, 2.75) is 6.42 Å². The van der Waals surface area contributed by atoms with Gasteiger partial charge in [0.1, 0.15) is 5.82 Å². The standard InChI is InChI=1S/C17H13ClFN5O/c18-11-3-1-10(2-4-11)7-8-20-15-16-22-23-17(25)24(16)14-9-12(19)5-6-13(14)21-15/h1-6,9H,7-8H2,(H,20,21)(H,23,25). The summed E-state index contributed by atoms with van der Waals surface area (Å²) in [5.74, 6) is 0.0265. The summed E-state index contributed by atoms with van der Waals surface area (Å²) < 4.78 is 14.8. The molecule has 0 amide bonds. The fourth-order valence-electron chi connectivity index (χ4n) is 2.71. The van der Waals surface area contributed by atoms with Crippen LogP contribution in [0.5, 0.6) is 0 Å². The van der Waals surface area contributed by atoms with Crippen LogP contribution in [0.25, 0.3) is 16.7 Å². The molecule has 8 heteroatoms. The molecule has 0 fully saturated rings. The van der Waals surface area contributed by atoms with Crippen LogP contribution in [-0.2, 0) is 6.42 Å². The van der Waals surface area contributed by atoms with Gasteiger partial charge < -0.3 is 5.32 Å². The molecule has 0 spiro atoms. The number of aromatic amines is 1. The van der Waals surface area contributed by atoms with Crippen molar-refractivity contribution in [3.8, 4) is 0 Å². The first-order chi connectivity index (χ1) is 12.1. The lowest BCUT2D eigenvalue weighted by molar-refractivity contribution is 0.629. The van der Waals surface area contributed by atoms with E-state index in [-0.39, 0.29) is 0 Å². The highest BCUT2D eigenvalue weighted by atomic mass is 35.5. The smallest absolute Gasteiger partial charge is 0.348 e. The quantitative estimate of drug-likeness (QED) is 0.588. The molecule has 0 unspecified atom stereocenters. The van der Waals surface area contributed by atoms with E-state index in [9.17, 15) is 9.18 Å². The summed E-state index contributed by atoms with van der Waals surface area (Å²) in [4.78, 5) is 16.5. The lowest BCUT2D eigenvalue weighted by Crippen LogP contribution is -2.13. The molecule has 4 rings (SSSR count). The number of aromatic nitrogens is 4. The third-order valence-corrected chi connectivity index (χ3v) is 4.17. The highest BCUT2D eigenvalue weighted by Gasteiger charge is 2.13. The van der Waals surface area contributed by atoms with Crippen LogP contribution in [0.15, 0.2) is 47.3 Å². The van der Waals surface area contributed by atoms with E-state index >= 15 is 0 Å². The molecule has 0 saturated carbocycles. The Hall–Kier alpha value is -2.93. The van der Waals surface area contributed by atoms with Gasteiger partial charge in [0.2, 0.25) is 5.65 Å². The number of benzene rings is 2. The van der Waals surface area contributed by atoms with Gasteiger partial charge in [0, 0.05) is 17.6 Å². The Morgan fingerprint density at radius 1 is 1.20 bits per heavy atom. The largest absolute Gasteiger partial charge is 0.367 e. The molecule has 2 aromatic carbocycles. The number of hydrogen-bond donors (Lipinski definition) is 2. The minimum atomic E-state index is -0.438. The second-order valence-corrected chi connectivity index (χ2v) is 6.02. The van der Waals surface area contributed by atoms with E-state index in [4.69, 9.17) is 11.6 Å². The maximum Gasteiger partial charge on any atom is 0.348 e. The number of nitrogens with zero attached hydrogens (tertiary/aromatic N) is 3. The second kappa shape index (κ2) is 6.18. The van der Waals surface area contributed by atoms with Crippen LogP contribution in [0, 0.1) is 5.82 Å². The predicted octanol–water partition coefficient (Wildman–Crippen LogP) is 3.02. The summed E-state index contributed by atoms with van der Waals surface area (Å²) in [7, 11) is 0. The molecule has 126 valence electrons. The zero-order valence-corrected chi connectivity index (χ0v) is 13.7. The molecule has 0 aliphatic heterocycles. The van der Waals surface area contributed by atoms with Gasteiger partial charge in [-0.05, 0) is 36.2 Å². The molecule has 0 saturated heterocycles. The molecule has 4 aromatic rings. The number of nitrogens with one attached hydrogen (secondary N) is 2. The Labute approximate surface area is 146 Å². The van der Waals surface area contributed by atoms with E-state index < -0.39 is 11.5 Å². The van der Waals surface area contributed by atoms with E-state index in [0.29, 0.717) is 34.1 Å². The molecule has 2 aromatic heterocycles. The first-order valence-corrected chi connectivity index (χ1v) is 8.04. The Balaban J connectivity index is 1.67. The van der Waals surface area contributed by atoms with E-state index in [0.717, 1.165) is 12.0 Å². The summed E-state index contributed by atoms with van der Waals surface area (Å²) in [6, 6.07) is 11.7. The molecular formula is C17H13ClFN5O. The number of fused-ring (bicyclic) bond motifs is 3. The van der Waals surface area contributed by atoms with Crippen molar-refractivity contribution in [2.75, 3.05) is 11.9 Å². The first kappa shape index (κ1) is 15.6. The zero-order valence-electron chi connectivity index (χ0n) is 13.0. The number of H-pyrrole nitrogens is 1. The van der Waals surface area contributed by atoms with Gasteiger partial charge in [0.25, 0.3) is 0 Å². The minimum absolute atomic E-state index is 0.333. The van der Waals surface area contributed by atoms with Crippen LogP contribution < -0.4 is 11.0 Å². The van der Waals surface area contributed by atoms with E-state index in [2.05, 4.69) is 20.5 Å². The van der Waals surface area contributed by atoms with Crippen LogP contribution in [0.2, 0.25) is 5.02 Å². The van der Waals surface area contributed by atoms with Gasteiger partial charge >= 0.3 is 5.69 Å². The molecule has 0 aliphatic carbocycles. The topological polar surface area (TPSA) is 75.1 Å². The van der Waals surface area contributed by atoms with Crippen LogP contribution in [0.3, 0.4) is 0 Å². The van der Waals surface area contributed by atoms with Gasteiger partial charge in [-0.2, -0.15) is 0 Å². The van der Waals surface area contributed by atoms with Gasteiger partial charge in [0.15, 0.2) is 5.82 Å². The highest BCUT2D eigenvalue weighted by Crippen LogP contribution is 2.19. The Morgan fingerprint density at radius 3 is 2.80 bits per heavy atom. The fourth-order valence-corrected chi connectivity index (χ4v) is 2.84. The van der Waals surface area contributed by atoms with Crippen molar-refractivity contribution >= 4 is 34.1 Å². The molecular weight excluding hydrogens is 345 g/mol. The van der Waals surface area contributed by atoms with Crippen LogP contribution >= 0.6 is 11.6 Å². The average Bonchev–Trinajstić information content (AvgIpc) is 2.99. The van der Waals surface area contributed by atoms with E-state index in [1.807, 2.05) is 24.3 Å². The molecule has 2 heterocycles. The average molecular weight is 358 g/mol. The van der Waals surface area contributed by atoms with Crippen LogP contribution in [-0.4, -0.2) is 26.1 Å². The second-order valence-electron chi connectivity index (χ2n) is 5.58. The summed E-state index contributed by atoms with van der Waals surface area (Å²) >= 11 is 5.88. The van der Waals surface area contributed by atoms with Crippen molar-refractivity contribution in [1.29, 1.82) is 0 Å². The van der Waals surface area contributed by atoms with Gasteiger partial charge in [-0.25, -0.2) is 23.7 Å². The van der Waals surface area contributed by atoms with Crippen LogP contribution in [0.4, 0.5) is 10.2 Å². The fraction of sp³-hybridized carbons (Fsp3) is 0.118. The maximum atomic E-state index is 13.5. The van der Waals surface area contributed by atoms with Gasteiger partial charge in [-0.3, -0.25) is 0 Å². The molecule has 0 atom stereocenters. The van der Waals surface area contributed by atoms with Crippen molar-refractivity contribution in [3.05, 3.63) is 69.4 Å². The Morgan fingerprint density at radius 2 is 2.00 bits per heavy atom. The molecule has 0 radical (unpaired) electrons. The lowest BCUT2D eigenvalue weighted by atomic mass is 10.1. The van der Waals surface area contributed by atoms with E-state index in [1.54, 1.807) is 0 Å². The zero-order chi connectivity index (χ0) is 17.4. The molecule has 25 heavy (non-hydrogen) atoms. The van der Waals surface area contributed by atoms with Crippen molar-refractivity contribution in [1.82, 2.24) is 19.6 Å². The Kier molecular flexibility index (Phi) is 3.85. The molecule has 0 bridgehead atoms. The number of rotatable bonds is 4. The number of halogens is 2. The number of anilines is 1. The summed E-state index contributed by atoms with van der Waals surface area (Å²) in [5, 5.41) is 10.3. The first-order valence-electron chi connectivity index (χ1n) is 7.66. The lowest BCUT2D eigenvalue weighted by Gasteiger charge is -2.09. The van der Waals surface area contributed by atoms with Crippen molar-refractivity contribution in [3.63, 3.8) is 0 Å². The summed E-state index contributed by atoms with van der Waals surface area (Å²) in [5.41, 5.74) is 1.89.